The van der Waals surface area contributed by atoms with E-state index < -0.39 is 51.7 Å². The molecule has 0 aromatic carbocycles. The maximum atomic E-state index is 12.2. The Labute approximate surface area is 171 Å². The van der Waals surface area contributed by atoms with Crippen LogP contribution in [0.1, 0.15) is 60.3 Å². The summed E-state index contributed by atoms with van der Waals surface area (Å²) < 4.78 is 11.6. The minimum atomic E-state index is -1.49. The number of aliphatic hydroxyl groups is 4. The fraction of sp³-hybridized carbons (Fsp3) is 0.955. The van der Waals surface area contributed by atoms with Gasteiger partial charge in [-0.1, -0.05) is 13.8 Å². The molecule has 1 saturated heterocycles. The molecule has 7 nitrogen and oxygen atoms in total. The lowest BCUT2D eigenvalue weighted by molar-refractivity contribution is -0.230. The molecule has 0 aromatic heterocycles. The molecule has 11 atom stereocenters. The van der Waals surface area contributed by atoms with Gasteiger partial charge in [-0.25, -0.2) is 0 Å². The fourth-order valence-electron chi connectivity index (χ4n) is 8.56. The number of aliphatic hydroxyl groups excluding tert-OH is 1. The lowest BCUT2D eigenvalue weighted by atomic mass is 9.57. The van der Waals surface area contributed by atoms with Crippen molar-refractivity contribution < 1.29 is 34.7 Å². The first-order valence-electron chi connectivity index (χ1n) is 10.9. The van der Waals surface area contributed by atoms with Gasteiger partial charge in [0.1, 0.15) is 11.7 Å². The summed E-state index contributed by atoms with van der Waals surface area (Å²) in [4.78, 5) is 12.1. The zero-order chi connectivity index (χ0) is 21.4. The summed E-state index contributed by atoms with van der Waals surface area (Å²) >= 11 is 0. The van der Waals surface area contributed by atoms with Crippen LogP contribution in [0.3, 0.4) is 0 Å². The minimum absolute atomic E-state index is 0.205. The van der Waals surface area contributed by atoms with E-state index in [2.05, 4.69) is 0 Å². The maximum absolute atomic E-state index is 12.2. The van der Waals surface area contributed by atoms with Gasteiger partial charge in [0.05, 0.1) is 29.5 Å². The minimum Gasteiger partial charge on any atom is -0.459 e. The summed E-state index contributed by atoms with van der Waals surface area (Å²) in [5.74, 6) is -1.78. The standard InChI is InChI=1S/C22H34O7/c1-10(23)28-13-8-21-9-19(4,25)11(16(21)24)6-7-12(21)20(5,26)15-14-17(29-14)18(2,3)22(13,15)27/h11-17,24-27H,6-9H2,1-5H3/t11-,12+,13-,14+,15-,16-,17+,19-,20-,21+,22-/m1/s1. The second-order valence-corrected chi connectivity index (χ2v) is 11.5. The largest absolute Gasteiger partial charge is 0.459 e. The highest BCUT2D eigenvalue weighted by Gasteiger charge is 2.83. The van der Waals surface area contributed by atoms with E-state index in [9.17, 15) is 25.2 Å². The van der Waals surface area contributed by atoms with Gasteiger partial charge in [-0.2, -0.15) is 0 Å². The van der Waals surface area contributed by atoms with Crippen molar-refractivity contribution in [2.75, 3.05) is 0 Å². The van der Waals surface area contributed by atoms with Gasteiger partial charge in [0.25, 0.3) is 0 Å². The van der Waals surface area contributed by atoms with Crippen LogP contribution in [0.5, 0.6) is 0 Å². The molecule has 5 aliphatic rings. The van der Waals surface area contributed by atoms with E-state index in [-0.39, 0.29) is 30.5 Å². The van der Waals surface area contributed by atoms with Gasteiger partial charge in [0.15, 0.2) is 0 Å². The molecule has 0 amide bonds. The van der Waals surface area contributed by atoms with Crippen LogP contribution in [0.4, 0.5) is 0 Å². The molecule has 2 bridgehead atoms. The number of carbonyl (C=O) groups is 1. The third-order valence-corrected chi connectivity index (χ3v) is 9.69. The van der Waals surface area contributed by atoms with Crippen LogP contribution in [0.15, 0.2) is 0 Å². The van der Waals surface area contributed by atoms with Crippen molar-refractivity contribution in [1.82, 2.24) is 0 Å². The highest BCUT2D eigenvalue weighted by Crippen LogP contribution is 2.73. The molecular weight excluding hydrogens is 376 g/mol. The normalized spacial score (nSPS) is 61.9. The van der Waals surface area contributed by atoms with Crippen molar-refractivity contribution in [2.24, 2.45) is 28.6 Å². The highest BCUT2D eigenvalue weighted by atomic mass is 16.6. The monoisotopic (exact) mass is 410 g/mol. The molecule has 0 aromatic rings. The fourth-order valence-corrected chi connectivity index (χ4v) is 8.56. The predicted octanol–water partition coefficient (Wildman–Crippen LogP) is 0.755. The van der Waals surface area contributed by atoms with Crippen molar-refractivity contribution >= 4 is 5.97 Å². The van der Waals surface area contributed by atoms with Crippen LogP contribution in [-0.4, -0.2) is 67.6 Å². The Morgan fingerprint density at radius 2 is 1.76 bits per heavy atom. The lowest BCUT2D eigenvalue weighted by Gasteiger charge is -2.51. The number of hydrogen-bond donors (Lipinski definition) is 4. The van der Waals surface area contributed by atoms with Gasteiger partial charge in [-0.05, 0) is 45.4 Å². The Morgan fingerprint density at radius 1 is 1.10 bits per heavy atom. The average molecular weight is 411 g/mol. The summed E-state index contributed by atoms with van der Waals surface area (Å²) in [7, 11) is 0. The predicted molar refractivity (Wildman–Crippen MR) is 102 cm³/mol. The van der Waals surface area contributed by atoms with E-state index in [4.69, 9.17) is 9.47 Å². The van der Waals surface area contributed by atoms with Gasteiger partial charge in [-0.3, -0.25) is 4.79 Å². The van der Waals surface area contributed by atoms with Crippen molar-refractivity contribution in [3.05, 3.63) is 0 Å². The Morgan fingerprint density at radius 3 is 2.38 bits per heavy atom. The van der Waals surface area contributed by atoms with Crippen molar-refractivity contribution in [3.8, 4) is 0 Å². The number of rotatable bonds is 1. The van der Waals surface area contributed by atoms with E-state index in [0.29, 0.717) is 19.3 Å². The topological polar surface area (TPSA) is 120 Å². The van der Waals surface area contributed by atoms with E-state index in [1.54, 1.807) is 13.8 Å². The van der Waals surface area contributed by atoms with Crippen LogP contribution in [0.2, 0.25) is 0 Å². The van der Waals surface area contributed by atoms with Gasteiger partial charge < -0.3 is 29.9 Å². The van der Waals surface area contributed by atoms with Crippen LogP contribution >= 0.6 is 0 Å². The molecule has 1 spiro atoms. The number of fused-ring (bicyclic) bond motifs is 4. The summed E-state index contributed by atoms with van der Waals surface area (Å²) in [6.07, 6.45) is -0.461. The molecule has 0 unspecified atom stereocenters. The molecule has 0 radical (unpaired) electrons. The Bertz CT molecular complexity index is 760. The van der Waals surface area contributed by atoms with Crippen LogP contribution in [0, 0.1) is 28.6 Å². The zero-order valence-corrected chi connectivity index (χ0v) is 17.9. The first-order valence-corrected chi connectivity index (χ1v) is 10.9. The SMILES string of the molecule is CC(=O)O[C@@H]1C[C@]23C[C@@](C)(O)[C@H](CC[C@H]2[C@@](C)(O)[C@H]2[C@@H]4O[C@@H]4C(C)(C)[C@]21O)[C@H]3O. The number of esters is 1. The Balaban J connectivity index is 1.71. The van der Waals surface area contributed by atoms with Crippen molar-refractivity contribution in [1.29, 1.82) is 0 Å². The number of epoxide rings is 1. The molecule has 5 rings (SSSR count). The van der Waals surface area contributed by atoms with Gasteiger partial charge in [0.2, 0.25) is 0 Å². The summed E-state index contributed by atoms with van der Waals surface area (Å²) in [6, 6.07) is 0. The summed E-state index contributed by atoms with van der Waals surface area (Å²) in [6.45, 7) is 8.62. The highest BCUT2D eigenvalue weighted by molar-refractivity contribution is 5.66. The van der Waals surface area contributed by atoms with Crippen LogP contribution in [-0.2, 0) is 14.3 Å². The molecule has 4 saturated carbocycles. The second-order valence-electron chi connectivity index (χ2n) is 11.5. The average Bonchev–Trinajstić information content (AvgIpc) is 3.29. The number of ether oxygens (including phenoxy) is 2. The van der Waals surface area contributed by atoms with Crippen LogP contribution in [0.25, 0.3) is 0 Å². The molecule has 7 heteroatoms. The van der Waals surface area contributed by atoms with Gasteiger partial charge in [-0.15, -0.1) is 0 Å². The van der Waals surface area contributed by atoms with Crippen LogP contribution < -0.4 is 0 Å². The van der Waals surface area contributed by atoms with E-state index in [1.807, 2.05) is 13.8 Å². The molecule has 1 aliphatic heterocycles. The van der Waals surface area contributed by atoms with Crippen molar-refractivity contribution in [2.45, 2.75) is 102 Å². The summed E-state index contributed by atoms with van der Waals surface area (Å²) in [5.41, 5.74) is -5.48. The smallest absolute Gasteiger partial charge is 0.303 e. The number of carbonyl (C=O) groups excluding carboxylic acids is 1. The van der Waals surface area contributed by atoms with Gasteiger partial charge >= 0.3 is 5.97 Å². The van der Waals surface area contributed by atoms with Gasteiger partial charge in [0, 0.05) is 29.6 Å². The third kappa shape index (κ3) is 2.14. The quantitative estimate of drug-likeness (QED) is 0.372. The Hall–Kier alpha value is -0.730. The maximum Gasteiger partial charge on any atom is 0.303 e. The second kappa shape index (κ2) is 5.36. The molecule has 29 heavy (non-hydrogen) atoms. The first kappa shape index (κ1) is 20.2. The summed E-state index contributed by atoms with van der Waals surface area (Å²) in [5, 5.41) is 46.6. The van der Waals surface area contributed by atoms with Crippen molar-refractivity contribution in [3.63, 3.8) is 0 Å². The lowest BCUT2D eigenvalue weighted by Crippen LogP contribution is -2.63. The third-order valence-electron chi connectivity index (χ3n) is 9.69. The van der Waals surface area contributed by atoms with E-state index in [1.165, 1.54) is 6.92 Å². The van der Waals surface area contributed by atoms with E-state index >= 15 is 0 Å². The first-order chi connectivity index (χ1) is 13.2. The molecule has 5 fully saturated rings. The molecule has 164 valence electrons. The molecule has 4 aliphatic carbocycles. The Kier molecular flexibility index (Phi) is 3.73. The zero-order valence-electron chi connectivity index (χ0n) is 17.9. The van der Waals surface area contributed by atoms with E-state index in [0.717, 1.165) is 0 Å². The molecular formula is C22H34O7. The molecule has 1 heterocycles. The molecule has 4 N–H and O–H groups in total. The number of hydrogen-bond acceptors (Lipinski definition) is 7.